The molecule has 0 radical (unpaired) electrons. The summed E-state index contributed by atoms with van der Waals surface area (Å²) in [4.78, 5) is 2.29. The van der Waals surface area contributed by atoms with Crippen LogP contribution in [0.3, 0.4) is 0 Å². The van der Waals surface area contributed by atoms with Crippen LogP contribution in [0.15, 0.2) is 239 Å². The molecule has 0 bridgehead atoms. The monoisotopic (exact) mass is 908 g/mol. The van der Waals surface area contributed by atoms with E-state index < -0.39 is 0 Å². The zero-order valence-corrected chi connectivity index (χ0v) is 39.2. The molecule has 1 aliphatic rings. The fourth-order valence-electron chi connectivity index (χ4n) is 12.0. The zero-order chi connectivity index (χ0) is 47.0. The van der Waals surface area contributed by atoms with Gasteiger partial charge in [-0.15, -0.1) is 0 Å². The van der Waals surface area contributed by atoms with Crippen LogP contribution < -0.4 is 4.90 Å². The van der Waals surface area contributed by atoms with Gasteiger partial charge in [0.25, 0.3) is 0 Å². The Hall–Kier alpha value is -9.12. The summed E-state index contributed by atoms with van der Waals surface area (Å²) in [7, 11) is 0. The quantitative estimate of drug-likeness (QED) is 0.167. The highest BCUT2D eigenvalue weighted by molar-refractivity contribution is 6.16. The minimum Gasteiger partial charge on any atom is -0.456 e. The number of furan rings is 2. The van der Waals surface area contributed by atoms with Gasteiger partial charge in [-0.05, 0) is 146 Å². The molecule has 0 fully saturated rings. The summed E-state index contributed by atoms with van der Waals surface area (Å²) in [6, 6.07) is 83.7. The first-order valence-electron chi connectivity index (χ1n) is 24.5. The molecule has 0 unspecified atom stereocenters. The highest BCUT2D eigenvalue weighted by Crippen LogP contribution is 2.52. The molecule has 0 saturated carbocycles. The number of para-hydroxylation sites is 3. The van der Waals surface area contributed by atoms with Gasteiger partial charge in [0, 0.05) is 72.6 Å². The molecule has 11 aromatic carbocycles. The largest absolute Gasteiger partial charge is 0.456 e. The smallest absolute Gasteiger partial charge is 0.137 e. The van der Waals surface area contributed by atoms with Gasteiger partial charge in [0.05, 0.1) is 11.0 Å². The molecule has 0 spiro atoms. The Labute approximate surface area is 409 Å². The van der Waals surface area contributed by atoms with Gasteiger partial charge >= 0.3 is 0 Å². The summed E-state index contributed by atoms with van der Waals surface area (Å²) in [6.45, 7) is 4.76. The minimum absolute atomic E-state index is 0.114. The Morgan fingerprint density at radius 3 is 1.65 bits per heavy atom. The van der Waals surface area contributed by atoms with Crippen LogP contribution >= 0.6 is 0 Å². The Morgan fingerprint density at radius 1 is 0.352 bits per heavy atom. The topological polar surface area (TPSA) is 34.5 Å². The summed E-state index contributed by atoms with van der Waals surface area (Å²) in [5.74, 6) is 0. The number of anilines is 3. The Bertz CT molecular complexity index is 4380. The van der Waals surface area contributed by atoms with E-state index in [1.165, 1.54) is 66.0 Å². The molecule has 1 aliphatic carbocycles. The van der Waals surface area contributed by atoms with Gasteiger partial charge in [-0.2, -0.15) is 0 Å². The van der Waals surface area contributed by atoms with Crippen molar-refractivity contribution in [2.75, 3.05) is 4.90 Å². The third-order valence-corrected chi connectivity index (χ3v) is 15.3. The van der Waals surface area contributed by atoms with Crippen LogP contribution in [0.2, 0.25) is 0 Å². The first kappa shape index (κ1) is 39.8. The van der Waals surface area contributed by atoms with Crippen LogP contribution in [-0.4, -0.2) is 4.57 Å². The predicted molar refractivity (Wildman–Crippen MR) is 296 cm³/mol. The van der Waals surface area contributed by atoms with E-state index in [-0.39, 0.29) is 5.41 Å². The summed E-state index contributed by atoms with van der Waals surface area (Å²) in [6.07, 6.45) is 0. The minimum atomic E-state index is -0.114. The molecule has 4 nitrogen and oxygen atoms in total. The molecule has 3 aromatic heterocycles. The lowest BCUT2D eigenvalue weighted by molar-refractivity contribution is 0.666. The lowest BCUT2D eigenvalue weighted by atomic mass is 9.80. The average Bonchev–Trinajstić information content (AvgIpc) is 4.14. The SMILES string of the molecule is CC1(C)c2ccccc2-c2ccc3cc4c5cc(-c6cccc(-c7ccc(N(c8ccc9c(c8)oc8ccccc89)c8ccc9c(c8)oc8ccccc89)cc7)c6)ccc5n(-c5ccccc5)c4cc3c21. The molecule has 14 aromatic rings. The molecule has 15 rings (SSSR count). The molecule has 0 amide bonds. The summed E-state index contributed by atoms with van der Waals surface area (Å²) in [5, 5.41) is 9.50. The second kappa shape index (κ2) is 14.9. The van der Waals surface area contributed by atoms with Gasteiger partial charge in [-0.1, -0.05) is 141 Å². The number of aromatic nitrogens is 1. The lowest BCUT2D eigenvalue weighted by Crippen LogP contribution is -2.15. The van der Waals surface area contributed by atoms with Crippen LogP contribution in [0.4, 0.5) is 17.1 Å². The van der Waals surface area contributed by atoms with E-state index in [9.17, 15) is 0 Å². The number of rotatable bonds is 6. The van der Waals surface area contributed by atoms with Gasteiger partial charge in [-0.3, -0.25) is 0 Å². The normalized spacial score (nSPS) is 13.0. The van der Waals surface area contributed by atoms with Crippen LogP contribution in [0, 0.1) is 0 Å². The molecule has 0 aliphatic heterocycles. The van der Waals surface area contributed by atoms with E-state index >= 15 is 0 Å². The molecule has 0 saturated heterocycles. The van der Waals surface area contributed by atoms with Gasteiger partial charge in [0.2, 0.25) is 0 Å². The zero-order valence-electron chi connectivity index (χ0n) is 39.2. The van der Waals surface area contributed by atoms with Gasteiger partial charge in [0.15, 0.2) is 0 Å². The number of nitrogens with zero attached hydrogens (tertiary/aromatic N) is 2. The maximum atomic E-state index is 6.42. The molecule has 3 heterocycles. The van der Waals surface area contributed by atoms with Crippen molar-refractivity contribution in [3.63, 3.8) is 0 Å². The van der Waals surface area contributed by atoms with Crippen molar-refractivity contribution in [1.29, 1.82) is 0 Å². The molecule has 4 heteroatoms. The maximum Gasteiger partial charge on any atom is 0.137 e. The van der Waals surface area contributed by atoms with E-state index in [2.05, 4.69) is 230 Å². The number of fused-ring (bicyclic) bond motifs is 14. The maximum absolute atomic E-state index is 6.42. The molecule has 0 atom stereocenters. The molecular weight excluding hydrogens is 865 g/mol. The van der Waals surface area contributed by atoms with Crippen molar-refractivity contribution in [2.24, 2.45) is 0 Å². The summed E-state index contributed by atoms with van der Waals surface area (Å²) < 4.78 is 15.3. The third kappa shape index (κ3) is 5.98. The van der Waals surface area contributed by atoms with Crippen LogP contribution in [0.1, 0.15) is 25.0 Å². The van der Waals surface area contributed by atoms with Gasteiger partial charge < -0.3 is 18.3 Å². The van der Waals surface area contributed by atoms with Crippen molar-refractivity contribution in [2.45, 2.75) is 19.3 Å². The molecule has 334 valence electrons. The standard InChI is InChI=1S/C67H44N2O2/c1-67(2)59-20-9-6-17-50(59)55-31-25-45-37-58-57-36-44(26-34-60(57)69(46-15-4-3-5-16-46)61(58)40-56(45)66(55)67)43-14-12-13-42(35-43)41-23-27-47(28-24-41)68(48-29-32-53-51-18-7-10-21-62(51)70-64(53)38-48)49-30-33-54-52-19-8-11-22-63(52)71-65(54)39-49/h3-40H,1-2H3. The van der Waals surface area contributed by atoms with Crippen molar-refractivity contribution in [3.05, 3.63) is 242 Å². The van der Waals surface area contributed by atoms with Crippen molar-refractivity contribution >= 4 is 93.5 Å². The van der Waals surface area contributed by atoms with E-state index in [1.54, 1.807) is 0 Å². The predicted octanol–water partition coefficient (Wildman–Crippen LogP) is 18.8. The van der Waals surface area contributed by atoms with E-state index in [0.717, 1.165) is 77.8 Å². The summed E-state index contributed by atoms with van der Waals surface area (Å²) >= 11 is 0. The number of benzene rings is 11. The van der Waals surface area contributed by atoms with Crippen LogP contribution in [0.5, 0.6) is 0 Å². The van der Waals surface area contributed by atoms with Crippen molar-refractivity contribution < 1.29 is 8.83 Å². The Balaban J connectivity index is 0.830. The van der Waals surface area contributed by atoms with E-state index in [1.807, 2.05) is 24.3 Å². The molecule has 71 heavy (non-hydrogen) atoms. The molecular formula is C67H44N2O2. The first-order chi connectivity index (χ1) is 34.9. The van der Waals surface area contributed by atoms with E-state index in [4.69, 9.17) is 8.83 Å². The second-order valence-corrected chi connectivity index (χ2v) is 19.7. The fraction of sp³-hybridized carbons (Fsp3) is 0.0448. The highest BCUT2D eigenvalue weighted by atomic mass is 16.3. The van der Waals surface area contributed by atoms with Crippen molar-refractivity contribution in [3.8, 4) is 39.1 Å². The Morgan fingerprint density at radius 2 is 0.930 bits per heavy atom. The van der Waals surface area contributed by atoms with Crippen LogP contribution in [0.25, 0.3) is 116 Å². The first-order valence-corrected chi connectivity index (χ1v) is 24.5. The van der Waals surface area contributed by atoms with Gasteiger partial charge in [0.1, 0.15) is 22.3 Å². The fourth-order valence-corrected chi connectivity index (χ4v) is 12.0. The number of hydrogen-bond donors (Lipinski definition) is 0. The van der Waals surface area contributed by atoms with Crippen LogP contribution in [-0.2, 0) is 5.41 Å². The second-order valence-electron chi connectivity index (χ2n) is 19.7. The lowest BCUT2D eigenvalue weighted by Gasteiger charge is -2.25. The Kier molecular flexibility index (Phi) is 8.38. The van der Waals surface area contributed by atoms with Crippen molar-refractivity contribution in [1.82, 2.24) is 4.57 Å². The molecule has 0 N–H and O–H groups in total. The highest BCUT2D eigenvalue weighted by Gasteiger charge is 2.37. The average molecular weight is 909 g/mol. The third-order valence-electron chi connectivity index (χ3n) is 15.3. The van der Waals surface area contributed by atoms with E-state index in [0.29, 0.717) is 0 Å². The summed E-state index contributed by atoms with van der Waals surface area (Å²) in [5.41, 5.74) is 20.1. The van der Waals surface area contributed by atoms with Gasteiger partial charge in [-0.25, -0.2) is 0 Å². The number of hydrogen-bond acceptors (Lipinski definition) is 3.